The van der Waals surface area contributed by atoms with Crippen LogP contribution < -0.4 is 10.0 Å². The fourth-order valence-corrected chi connectivity index (χ4v) is 4.77. The van der Waals surface area contributed by atoms with Gasteiger partial charge in [-0.3, -0.25) is 9.40 Å². The average Bonchev–Trinajstić information content (AvgIpc) is 2.78. The van der Waals surface area contributed by atoms with Gasteiger partial charge in [0.1, 0.15) is 4.90 Å². The molecule has 0 radical (unpaired) electrons. The smallest absolute Gasteiger partial charge is 0.267 e. The first-order valence-electron chi connectivity index (χ1n) is 6.84. The molecule has 0 spiro atoms. The molecule has 7 heteroatoms. The van der Waals surface area contributed by atoms with Crippen molar-refractivity contribution >= 4 is 21.4 Å². The molecule has 0 saturated carbocycles. The Hall–Kier alpha value is -2.02. The van der Waals surface area contributed by atoms with Gasteiger partial charge in [0, 0.05) is 12.2 Å². The molecule has 0 unspecified atom stereocenters. The summed E-state index contributed by atoms with van der Waals surface area (Å²) >= 11 is 0. The molecule has 6 nitrogen and oxygen atoms in total. The van der Waals surface area contributed by atoms with E-state index in [1.54, 1.807) is 19.9 Å². The number of sulfonamides is 1. The van der Waals surface area contributed by atoms with E-state index in [1.807, 2.05) is 12.1 Å². The number of hydrogen-bond acceptors (Lipinski definition) is 4. The van der Waals surface area contributed by atoms with E-state index in [1.165, 1.54) is 4.31 Å². The van der Waals surface area contributed by atoms with Crippen molar-refractivity contribution in [2.45, 2.75) is 31.6 Å². The summed E-state index contributed by atoms with van der Waals surface area (Å²) in [6.07, 6.45) is 1.56. The van der Waals surface area contributed by atoms with Crippen LogP contribution in [-0.4, -0.2) is 25.2 Å². The molecular formula is C14H18N4O2S. The first-order valence-corrected chi connectivity index (χ1v) is 8.28. The number of aromatic nitrogens is 2. The zero-order valence-electron chi connectivity index (χ0n) is 12.0. The van der Waals surface area contributed by atoms with Crippen LogP contribution in [0.25, 0.3) is 0 Å². The molecule has 0 atom stereocenters. The van der Waals surface area contributed by atoms with E-state index >= 15 is 0 Å². The number of H-pyrrole nitrogens is 1. The minimum absolute atomic E-state index is 0.262. The summed E-state index contributed by atoms with van der Waals surface area (Å²) in [5, 5.41) is 6.73. The van der Waals surface area contributed by atoms with E-state index in [4.69, 9.17) is 5.73 Å². The molecule has 3 N–H and O–H groups in total. The van der Waals surface area contributed by atoms with Crippen molar-refractivity contribution in [2.75, 3.05) is 16.6 Å². The van der Waals surface area contributed by atoms with Crippen LogP contribution in [0.3, 0.4) is 0 Å². The van der Waals surface area contributed by atoms with Crippen molar-refractivity contribution in [1.29, 1.82) is 0 Å². The number of aryl methyl sites for hydroxylation is 2. The second-order valence-electron chi connectivity index (χ2n) is 5.29. The van der Waals surface area contributed by atoms with Crippen LogP contribution in [0.5, 0.6) is 0 Å². The lowest BCUT2D eigenvalue weighted by Crippen LogP contribution is -2.36. The summed E-state index contributed by atoms with van der Waals surface area (Å²) in [6, 6.07) is 5.41. The van der Waals surface area contributed by atoms with Crippen LogP contribution in [0.1, 0.15) is 23.4 Å². The van der Waals surface area contributed by atoms with Crippen LogP contribution in [0.15, 0.2) is 23.1 Å². The molecule has 0 fully saturated rings. The van der Waals surface area contributed by atoms with E-state index in [-0.39, 0.29) is 4.90 Å². The van der Waals surface area contributed by atoms with Crippen molar-refractivity contribution in [2.24, 2.45) is 0 Å². The fraction of sp³-hybridized carbons (Fsp3) is 0.357. The largest absolute Gasteiger partial charge is 0.398 e. The Bertz CT molecular complexity index is 776. The number of fused-ring (bicyclic) bond motifs is 1. The molecule has 3 rings (SSSR count). The third kappa shape index (κ3) is 2.08. The number of nitrogens with two attached hydrogens (primary N) is 1. The molecule has 0 saturated heterocycles. The monoisotopic (exact) mass is 306 g/mol. The SMILES string of the molecule is Cc1n[nH]c(C)c1S(=O)(=O)N1CCCc2c(N)cccc21. The first-order chi connectivity index (χ1) is 9.93. The topological polar surface area (TPSA) is 92.1 Å². The highest BCUT2D eigenvalue weighted by Gasteiger charge is 2.33. The number of hydrogen-bond donors (Lipinski definition) is 2. The van der Waals surface area contributed by atoms with E-state index in [0.717, 1.165) is 18.4 Å². The van der Waals surface area contributed by atoms with E-state index < -0.39 is 10.0 Å². The highest BCUT2D eigenvalue weighted by molar-refractivity contribution is 7.93. The van der Waals surface area contributed by atoms with Crippen molar-refractivity contribution in [1.82, 2.24) is 10.2 Å². The lowest BCUT2D eigenvalue weighted by Gasteiger charge is -2.31. The third-order valence-corrected chi connectivity index (χ3v) is 5.93. The first kappa shape index (κ1) is 13.9. The van der Waals surface area contributed by atoms with Gasteiger partial charge in [0.05, 0.1) is 17.1 Å². The van der Waals surface area contributed by atoms with Gasteiger partial charge in [-0.1, -0.05) is 6.07 Å². The Kier molecular flexibility index (Phi) is 3.16. The minimum Gasteiger partial charge on any atom is -0.398 e. The molecule has 2 aromatic rings. The highest BCUT2D eigenvalue weighted by Crippen LogP contribution is 2.35. The normalized spacial score (nSPS) is 15.0. The molecule has 1 aliphatic rings. The van der Waals surface area contributed by atoms with Gasteiger partial charge >= 0.3 is 0 Å². The zero-order valence-corrected chi connectivity index (χ0v) is 12.9. The second-order valence-corrected chi connectivity index (χ2v) is 7.09. The summed E-state index contributed by atoms with van der Waals surface area (Å²) in [5.74, 6) is 0. The van der Waals surface area contributed by atoms with Crippen LogP contribution in [0.4, 0.5) is 11.4 Å². The maximum absolute atomic E-state index is 13.0. The standard InChI is InChI=1S/C14H18N4O2S/c1-9-14(10(2)17-16-9)21(19,20)18-8-4-5-11-12(15)6-3-7-13(11)18/h3,6-7H,4-5,8,15H2,1-2H3,(H,16,17). The van der Waals surface area contributed by atoms with Gasteiger partial charge in [-0.2, -0.15) is 5.10 Å². The molecule has 21 heavy (non-hydrogen) atoms. The quantitative estimate of drug-likeness (QED) is 0.827. The summed E-state index contributed by atoms with van der Waals surface area (Å²) in [7, 11) is -3.63. The summed E-state index contributed by atoms with van der Waals surface area (Å²) in [4.78, 5) is 0.262. The molecule has 112 valence electrons. The van der Waals surface area contributed by atoms with Crippen molar-refractivity contribution in [3.8, 4) is 0 Å². The van der Waals surface area contributed by atoms with Crippen molar-refractivity contribution in [3.63, 3.8) is 0 Å². The van der Waals surface area contributed by atoms with Crippen LogP contribution in [-0.2, 0) is 16.4 Å². The fourth-order valence-electron chi connectivity index (χ4n) is 2.90. The van der Waals surface area contributed by atoms with Gasteiger partial charge in [-0.25, -0.2) is 8.42 Å². The van der Waals surface area contributed by atoms with Gasteiger partial charge in [0.15, 0.2) is 0 Å². The lowest BCUT2D eigenvalue weighted by molar-refractivity contribution is 0.585. The van der Waals surface area contributed by atoms with E-state index in [0.29, 0.717) is 29.3 Å². The summed E-state index contributed by atoms with van der Waals surface area (Å²) < 4.78 is 27.4. The number of nitrogen functional groups attached to an aromatic ring is 1. The van der Waals surface area contributed by atoms with Gasteiger partial charge in [0.2, 0.25) is 0 Å². The summed E-state index contributed by atoms with van der Waals surface area (Å²) in [5.41, 5.74) is 9.27. The number of anilines is 2. The van der Waals surface area contributed by atoms with Crippen LogP contribution >= 0.6 is 0 Å². The second kappa shape index (κ2) is 4.77. The number of nitrogens with zero attached hydrogens (tertiary/aromatic N) is 2. The molecule has 2 heterocycles. The maximum Gasteiger partial charge on any atom is 0.267 e. The highest BCUT2D eigenvalue weighted by atomic mass is 32.2. The van der Waals surface area contributed by atoms with Crippen LogP contribution in [0.2, 0.25) is 0 Å². The molecule has 0 amide bonds. The van der Waals surface area contributed by atoms with Gasteiger partial charge in [-0.05, 0) is 44.4 Å². The third-order valence-electron chi connectivity index (χ3n) is 3.85. The molecule has 1 aliphatic heterocycles. The van der Waals surface area contributed by atoms with E-state index in [9.17, 15) is 8.42 Å². The van der Waals surface area contributed by atoms with Gasteiger partial charge < -0.3 is 5.73 Å². The van der Waals surface area contributed by atoms with Crippen LogP contribution in [0, 0.1) is 13.8 Å². The summed E-state index contributed by atoms with van der Waals surface area (Å²) in [6.45, 7) is 3.88. The average molecular weight is 306 g/mol. The van der Waals surface area contributed by atoms with Gasteiger partial charge in [0.25, 0.3) is 10.0 Å². The van der Waals surface area contributed by atoms with E-state index in [2.05, 4.69) is 10.2 Å². The van der Waals surface area contributed by atoms with Crippen molar-refractivity contribution < 1.29 is 8.42 Å². The minimum atomic E-state index is -3.63. The lowest BCUT2D eigenvalue weighted by atomic mass is 10.0. The Morgan fingerprint density at radius 2 is 2.10 bits per heavy atom. The molecule has 0 bridgehead atoms. The molecule has 0 aliphatic carbocycles. The number of nitrogens with one attached hydrogen (secondary N) is 1. The maximum atomic E-state index is 13.0. The Labute approximate surface area is 124 Å². The molecule has 1 aromatic carbocycles. The predicted octanol–water partition coefficient (Wildman–Crippen LogP) is 1.75. The van der Waals surface area contributed by atoms with Crippen molar-refractivity contribution in [3.05, 3.63) is 35.2 Å². The predicted molar refractivity (Wildman–Crippen MR) is 81.8 cm³/mol. The van der Waals surface area contributed by atoms with Gasteiger partial charge in [-0.15, -0.1) is 0 Å². The zero-order chi connectivity index (χ0) is 15.2. The number of aromatic amines is 1. The number of benzene rings is 1. The molecular weight excluding hydrogens is 288 g/mol. The Morgan fingerprint density at radius 3 is 2.76 bits per heavy atom. The molecule has 1 aromatic heterocycles. The Balaban J connectivity index is 2.17. The Morgan fingerprint density at radius 1 is 1.33 bits per heavy atom. The number of rotatable bonds is 2.